The fraction of sp³-hybridized carbons (Fsp3) is 0.542. The molecule has 0 aromatic heterocycles. The minimum atomic E-state index is -4.41. The van der Waals surface area contributed by atoms with Gasteiger partial charge in [0.15, 0.2) is 6.10 Å². The van der Waals surface area contributed by atoms with Crippen LogP contribution in [0.5, 0.6) is 0 Å². The van der Waals surface area contributed by atoms with Gasteiger partial charge in [-0.15, -0.1) is 0 Å². The zero-order chi connectivity index (χ0) is 42.8. The van der Waals surface area contributed by atoms with E-state index < -0.39 is 32.5 Å². The molecule has 0 bridgehead atoms. The molecule has 326 valence electrons. The lowest BCUT2D eigenvalue weighted by molar-refractivity contribution is -0.870. The van der Waals surface area contributed by atoms with Crippen molar-refractivity contribution in [2.75, 3.05) is 47.5 Å². The second kappa shape index (κ2) is 38.9. The summed E-state index contributed by atoms with van der Waals surface area (Å²) in [4.78, 5) is 35.3. The first kappa shape index (κ1) is 54.4. The van der Waals surface area contributed by atoms with Gasteiger partial charge in [-0.25, -0.2) is 4.57 Å². The van der Waals surface area contributed by atoms with E-state index >= 15 is 0 Å². The largest absolute Gasteiger partial charge is 0.472 e. The summed E-state index contributed by atoms with van der Waals surface area (Å²) in [5.41, 5.74) is 0. The van der Waals surface area contributed by atoms with Gasteiger partial charge in [-0.2, -0.15) is 0 Å². The van der Waals surface area contributed by atoms with Crippen molar-refractivity contribution < 1.29 is 42.1 Å². The standard InChI is InChI=1S/C48H76NO8P/c1-6-8-10-12-14-16-18-20-22-24-26-28-30-32-34-36-38-40-47(50)54-44-46(45-56-58(52,53)55-43-42-49(3,4)5)57-48(51)41-39-37-35-33-31-29-27-25-23-21-19-17-15-13-11-9-7-2/h8-11,14-17,20-23,26-29,32-35,46H,6-7,12-13,18-19,24-25,30-31,36-45H2,1-5H3/p+1/b10-8-,11-9-,16-14-,17-15-,22-20-,23-21-,28-26-,29-27-,34-32-,35-33-/t46-/m1/s1. The Morgan fingerprint density at radius 1 is 0.534 bits per heavy atom. The first-order chi connectivity index (χ1) is 28.0. The SMILES string of the molecule is CC/C=C\C/C=C\C/C=C\C/C=C\C/C=C\CCCC(=O)OC[C@H](COP(=O)(O)OCC[N+](C)(C)C)OC(=O)CCC/C=C\C/C=C\C/C=C\C/C=C\C/C=C\CC. The van der Waals surface area contributed by atoms with Gasteiger partial charge >= 0.3 is 19.8 Å². The number of nitrogens with zero attached hydrogens (tertiary/aromatic N) is 1. The fourth-order valence-electron chi connectivity index (χ4n) is 4.73. The fourth-order valence-corrected chi connectivity index (χ4v) is 5.47. The Labute approximate surface area is 352 Å². The van der Waals surface area contributed by atoms with Crippen LogP contribution in [0.1, 0.15) is 117 Å². The van der Waals surface area contributed by atoms with Crippen LogP contribution in [-0.2, 0) is 32.7 Å². The van der Waals surface area contributed by atoms with E-state index in [1.54, 1.807) is 0 Å². The summed E-state index contributed by atoms with van der Waals surface area (Å²) >= 11 is 0. The number of hydrogen-bond acceptors (Lipinski definition) is 7. The minimum absolute atomic E-state index is 0.00437. The summed E-state index contributed by atoms with van der Waals surface area (Å²) in [6.07, 6.45) is 54.1. The summed E-state index contributed by atoms with van der Waals surface area (Å²) in [6.45, 7) is 4.02. The van der Waals surface area contributed by atoms with Crippen LogP contribution in [0.4, 0.5) is 0 Å². The third-order valence-corrected chi connectivity index (χ3v) is 8.97. The normalized spacial score (nSPS) is 14.8. The zero-order valence-electron chi connectivity index (χ0n) is 36.5. The van der Waals surface area contributed by atoms with Crippen molar-refractivity contribution in [2.24, 2.45) is 0 Å². The third-order valence-electron chi connectivity index (χ3n) is 7.99. The van der Waals surface area contributed by atoms with Crippen molar-refractivity contribution in [1.82, 2.24) is 0 Å². The van der Waals surface area contributed by atoms with E-state index in [1.807, 2.05) is 33.3 Å². The number of esters is 2. The molecule has 0 amide bonds. The van der Waals surface area contributed by atoms with Crippen LogP contribution in [0.3, 0.4) is 0 Å². The molecule has 0 saturated heterocycles. The van der Waals surface area contributed by atoms with E-state index in [9.17, 15) is 19.0 Å². The number of rotatable bonds is 36. The van der Waals surface area contributed by atoms with E-state index in [-0.39, 0.29) is 26.1 Å². The number of likely N-dealkylation sites (N-methyl/N-ethyl adjacent to an activating group) is 1. The highest BCUT2D eigenvalue weighted by atomic mass is 31.2. The van der Waals surface area contributed by atoms with Crippen molar-refractivity contribution >= 4 is 19.8 Å². The van der Waals surface area contributed by atoms with Gasteiger partial charge in [-0.05, 0) is 89.9 Å². The van der Waals surface area contributed by atoms with Crippen molar-refractivity contribution in [3.63, 3.8) is 0 Å². The van der Waals surface area contributed by atoms with Crippen LogP contribution in [-0.4, -0.2) is 74.9 Å². The Morgan fingerprint density at radius 3 is 1.28 bits per heavy atom. The number of carbonyl (C=O) groups is 2. The highest BCUT2D eigenvalue weighted by molar-refractivity contribution is 7.47. The summed E-state index contributed by atoms with van der Waals surface area (Å²) in [5, 5.41) is 0. The number of ether oxygens (including phenoxy) is 2. The molecule has 0 radical (unpaired) electrons. The first-order valence-corrected chi connectivity index (χ1v) is 22.8. The van der Waals surface area contributed by atoms with Crippen LogP contribution in [0.25, 0.3) is 0 Å². The van der Waals surface area contributed by atoms with Gasteiger partial charge in [0, 0.05) is 12.8 Å². The second-order valence-corrected chi connectivity index (χ2v) is 16.1. The van der Waals surface area contributed by atoms with Crippen LogP contribution in [0.2, 0.25) is 0 Å². The van der Waals surface area contributed by atoms with Crippen LogP contribution in [0, 0.1) is 0 Å². The maximum absolute atomic E-state index is 12.7. The highest BCUT2D eigenvalue weighted by Crippen LogP contribution is 2.43. The molecule has 9 nitrogen and oxygen atoms in total. The van der Waals surface area contributed by atoms with E-state index in [0.717, 1.165) is 70.6 Å². The number of carbonyl (C=O) groups excluding carboxylic acids is 2. The van der Waals surface area contributed by atoms with E-state index in [2.05, 4.69) is 123 Å². The Bertz CT molecular complexity index is 1390. The molecule has 0 fully saturated rings. The zero-order valence-corrected chi connectivity index (χ0v) is 37.4. The van der Waals surface area contributed by atoms with Crippen molar-refractivity contribution in [3.8, 4) is 0 Å². The number of hydrogen-bond donors (Lipinski definition) is 1. The van der Waals surface area contributed by atoms with Crippen LogP contribution in [0.15, 0.2) is 122 Å². The molecule has 0 aliphatic carbocycles. The summed E-state index contributed by atoms with van der Waals surface area (Å²) in [5.74, 6) is -0.952. The minimum Gasteiger partial charge on any atom is -0.462 e. The molecule has 10 heteroatoms. The second-order valence-electron chi connectivity index (χ2n) is 14.6. The van der Waals surface area contributed by atoms with Crippen molar-refractivity contribution in [2.45, 2.75) is 123 Å². The number of quaternary nitrogens is 1. The van der Waals surface area contributed by atoms with Crippen LogP contribution >= 0.6 is 7.82 Å². The lowest BCUT2D eigenvalue weighted by Crippen LogP contribution is -2.37. The molecule has 0 heterocycles. The molecule has 0 rings (SSSR count). The van der Waals surface area contributed by atoms with E-state index in [0.29, 0.717) is 30.3 Å². The monoisotopic (exact) mass is 827 g/mol. The molecule has 1 N–H and O–H groups in total. The van der Waals surface area contributed by atoms with Gasteiger partial charge in [0.25, 0.3) is 0 Å². The molecule has 0 aromatic rings. The summed E-state index contributed by atoms with van der Waals surface area (Å²) < 4.78 is 34.1. The number of phosphoric acid groups is 1. The molecule has 0 aliphatic rings. The van der Waals surface area contributed by atoms with Gasteiger partial charge in [0.05, 0.1) is 27.7 Å². The van der Waals surface area contributed by atoms with Gasteiger partial charge in [-0.3, -0.25) is 18.6 Å². The first-order valence-electron chi connectivity index (χ1n) is 21.3. The van der Waals surface area contributed by atoms with Gasteiger partial charge in [0.2, 0.25) is 0 Å². The smallest absolute Gasteiger partial charge is 0.462 e. The predicted molar refractivity (Wildman–Crippen MR) is 242 cm³/mol. The highest BCUT2D eigenvalue weighted by Gasteiger charge is 2.27. The van der Waals surface area contributed by atoms with E-state index in [4.69, 9.17) is 18.5 Å². The quantitative estimate of drug-likeness (QED) is 0.0219. The summed E-state index contributed by atoms with van der Waals surface area (Å²) in [6, 6.07) is 0. The number of phosphoric ester groups is 1. The van der Waals surface area contributed by atoms with Crippen molar-refractivity contribution in [3.05, 3.63) is 122 Å². The third kappa shape index (κ3) is 42.0. The Kier molecular flexibility index (Phi) is 36.5. The average Bonchev–Trinajstić information content (AvgIpc) is 3.17. The molecule has 58 heavy (non-hydrogen) atoms. The molecule has 0 aromatic carbocycles. The van der Waals surface area contributed by atoms with Gasteiger partial charge < -0.3 is 18.9 Å². The number of unbranched alkanes of at least 4 members (excludes halogenated alkanes) is 2. The average molecular weight is 827 g/mol. The molecule has 1 unspecified atom stereocenters. The Hall–Kier alpha value is -3.59. The lowest BCUT2D eigenvalue weighted by Gasteiger charge is -2.24. The van der Waals surface area contributed by atoms with Crippen molar-refractivity contribution in [1.29, 1.82) is 0 Å². The topological polar surface area (TPSA) is 108 Å². The maximum atomic E-state index is 12.7. The van der Waals surface area contributed by atoms with Gasteiger partial charge in [0.1, 0.15) is 19.8 Å². The molecular weight excluding hydrogens is 750 g/mol. The maximum Gasteiger partial charge on any atom is 0.472 e. The molecular formula is C48H77NO8P+. The van der Waals surface area contributed by atoms with Crippen LogP contribution < -0.4 is 0 Å². The lowest BCUT2D eigenvalue weighted by atomic mass is 10.2. The molecule has 0 spiro atoms. The molecule has 0 saturated carbocycles. The van der Waals surface area contributed by atoms with E-state index in [1.165, 1.54) is 0 Å². The molecule has 2 atom stereocenters. The summed E-state index contributed by atoms with van der Waals surface area (Å²) in [7, 11) is 1.38. The van der Waals surface area contributed by atoms with Gasteiger partial charge in [-0.1, -0.05) is 135 Å². The Balaban J connectivity index is 4.61. The number of allylic oxidation sites excluding steroid dienone is 20. The predicted octanol–water partition coefficient (Wildman–Crippen LogP) is 12.1. The Morgan fingerprint density at radius 2 is 0.897 bits per heavy atom. The molecule has 0 aliphatic heterocycles.